The summed E-state index contributed by atoms with van der Waals surface area (Å²) in [5.74, 6) is -0.208. The van der Waals surface area contributed by atoms with Crippen molar-refractivity contribution in [1.82, 2.24) is 5.32 Å². The predicted molar refractivity (Wildman–Crippen MR) is 262 cm³/mol. The molecule has 0 bridgehead atoms. The molecule has 9 heteroatoms. The van der Waals surface area contributed by atoms with Crippen molar-refractivity contribution in [2.75, 3.05) is 40.9 Å². The highest BCUT2D eigenvalue weighted by molar-refractivity contribution is 7.47. The number of quaternary nitrogens is 1. The van der Waals surface area contributed by atoms with Gasteiger partial charge in [-0.25, -0.2) is 4.57 Å². The molecule has 3 atom stereocenters. The average Bonchev–Trinajstić information content (AvgIpc) is 3.21. The van der Waals surface area contributed by atoms with Crippen LogP contribution in [0.1, 0.15) is 174 Å². The van der Waals surface area contributed by atoms with Gasteiger partial charge in [0.05, 0.1) is 39.9 Å². The van der Waals surface area contributed by atoms with Gasteiger partial charge in [-0.3, -0.25) is 13.8 Å². The SMILES string of the molecule is CC/C=C\C/C=C\C/C=C\C/C=C\C/C=C\CCCCCCCCCC(=O)NC(COP(=O)(O)OCC[N+](C)(C)C)C(O)/C=C/CC/C=C/CC/C=C/CCCCCCCC. The van der Waals surface area contributed by atoms with Gasteiger partial charge in [-0.2, -0.15) is 0 Å². The van der Waals surface area contributed by atoms with E-state index in [1.54, 1.807) is 6.08 Å². The van der Waals surface area contributed by atoms with Crippen molar-refractivity contribution >= 4 is 13.7 Å². The molecule has 0 aromatic carbocycles. The van der Waals surface area contributed by atoms with E-state index in [-0.39, 0.29) is 19.1 Å². The number of carbonyl (C=O) groups is 1. The van der Waals surface area contributed by atoms with Crippen molar-refractivity contribution in [2.24, 2.45) is 0 Å². The molecule has 0 aliphatic heterocycles. The van der Waals surface area contributed by atoms with E-state index in [1.165, 1.54) is 64.2 Å². The minimum Gasteiger partial charge on any atom is -0.387 e. The quantitative estimate of drug-likeness (QED) is 0.0244. The molecule has 0 aromatic heterocycles. The van der Waals surface area contributed by atoms with E-state index in [0.717, 1.165) is 89.9 Å². The highest BCUT2D eigenvalue weighted by Gasteiger charge is 2.27. The standard InChI is InChI=1S/C52H91N2O6P/c1-6-8-10-12-14-16-18-20-22-24-25-26-27-28-29-30-32-34-36-38-40-42-44-46-52(56)53-50(49-60-61(57,58)59-48-47-54(3,4)5)51(55)45-43-41-39-37-35-33-31-23-21-19-17-15-13-11-9-7-2/h8,10,14,16,20-23,25-26,28-29,35,37,43,45,50-51,55H,6-7,9,11-13,15,17-19,24,27,30-34,36,38-42,44,46-49H2,1-5H3,(H-,53,56,57,58)/p+1/b10-8-,16-14-,22-20-,23-21+,26-25-,29-28-,37-35+,45-43+. The highest BCUT2D eigenvalue weighted by Crippen LogP contribution is 2.43. The average molecular weight is 872 g/mol. The minimum atomic E-state index is -4.36. The highest BCUT2D eigenvalue weighted by atomic mass is 31.2. The molecule has 0 heterocycles. The van der Waals surface area contributed by atoms with Gasteiger partial charge in [0.1, 0.15) is 13.2 Å². The lowest BCUT2D eigenvalue weighted by Crippen LogP contribution is -2.45. The van der Waals surface area contributed by atoms with E-state index in [0.29, 0.717) is 17.4 Å². The largest absolute Gasteiger partial charge is 0.472 e. The number of nitrogens with zero attached hydrogens (tertiary/aromatic N) is 1. The molecule has 0 radical (unpaired) electrons. The number of nitrogens with one attached hydrogen (secondary N) is 1. The molecule has 350 valence electrons. The second-order valence-electron chi connectivity index (χ2n) is 17.1. The fourth-order valence-electron chi connectivity index (χ4n) is 6.22. The number of hydrogen-bond acceptors (Lipinski definition) is 5. The molecule has 0 aromatic rings. The molecule has 1 amide bonds. The lowest BCUT2D eigenvalue weighted by Gasteiger charge is -2.25. The van der Waals surface area contributed by atoms with Gasteiger partial charge >= 0.3 is 7.82 Å². The zero-order valence-corrected chi connectivity index (χ0v) is 40.5. The number of aliphatic hydroxyl groups is 1. The maximum atomic E-state index is 12.9. The van der Waals surface area contributed by atoms with Crippen molar-refractivity contribution in [3.05, 3.63) is 97.2 Å². The first-order chi connectivity index (χ1) is 29.5. The maximum absolute atomic E-state index is 12.9. The zero-order valence-electron chi connectivity index (χ0n) is 39.6. The molecule has 61 heavy (non-hydrogen) atoms. The summed E-state index contributed by atoms with van der Waals surface area (Å²) >= 11 is 0. The summed E-state index contributed by atoms with van der Waals surface area (Å²) in [5.41, 5.74) is 0. The molecule has 3 N–H and O–H groups in total. The lowest BCUT2D eigenvalue weighted by molar-refractivity contribution is -0.870. The topological polar surface area (TPSA) is 105 Å². The fourth-order valence-corrected chi connectivity index (χ4v) is 6.95. The summed E-state index contributed by atoms with van der Waals surface area (Å²) in [6, 6.07) is -0.882. The number of amides is 1. The second kappa shape index (κ2) is 42.7. The molecule has 0 spiro atoms. The molecule has 0 aliphatic rings. The predicted octanol–water partition coefficient (Wildman–Crippen LogP) is 13.9. The fraction of sp³-hybridized carbons (Fsp3) is 0.673. The van der Waals surface area contributed by atoms with Gasteiger partial charge in [-0.05, 0) is 89.9 Å². The van der Waals surface area contributed by atoms with Crippen LogP contribution in [0.15, 0.2) is 97.2 Å². The van der Waals surface area contributed by atoms with Crippen molar-refractivity contribution in [3.63, 3.8) is 0 Å². The van der Waals surface area contributed by atoms with Crippen LogP contribution >= 0.6 is 7.82 Å². The van der Waals surface area contributed by atoms with E-state index >= 15 is 0 Å². The van der Waals surface area contributed by atoms with Gasteiger partial charge < -0.3 is 19.8 Å². The number of rotatable bonds is 42. The molecule has 8 nitrogen and oxygen atoms in total. The molecule has 0 rings (SSSR count). The molecular weight excluding hydrogens is 780 g/mol. The Balaban J connectivity index is 4.45. The van der Waals surface area contributed by atoms with Crippen LogP contribution < -0.4 is 5.32 Å². The number of carbonyl (C=O) groups excluding carboxylic acids is 1. The third-order valence-corrected chi connectivity index (χ3v) is 11.0. The van der Waals surface area contributed by atoms with Gasteiger partial charge in [-0.15, -0.1) is 0 Å². The summed E-state index contributed by atoms with van der Waals surface area (Å²) in [4.78, 5) is 23.2. The Morgan fingerprint density at radius 3 is 1.51 bits per heavy atom. The van der Waals surface area contributed by atoms with Gasteiger partial charge in [0.15, 0.2) is 0 Å². The van der Waals surface area contributed by atoms with Crippen LogP contribution in [0.3, 0.4) is 0 Å². The number of hydrogen-bond donors (Lipinski definition) is 3. The lowest BCUT2D eigenvalue weighted by atomic mass is 10.1. The van der Waals surface area contributed by atoms with Gasteiger partial charge in [0, 0.05) is 6.42 Å². The summed E-state index contributed by atoms with van der Waals surface area (Å²) in [7, 11) is 1.52. The first-order valence-corrected chi connectivity index (χ1v) is 25.6. The number of allylic oxidation sites excluding steroid dienone is 15. The third kappa shape index (κ3) is 45.3. The van der Waals surface area contributed by atoms with Crippen LogP contribution in [0.5, 0.6) is 0 Å². The smallest absolute Gasteiger partial charge is 0.387 e. The number of unbranched alkanes of at least 4 members (excludes halogenated alkanes) is 15. The van der Waals surface area contributed by atoms with Crippen LogP contribution in [-0.4, -0.2) is 73.4 Å². The van der Waals surface area contributed by atoms with Crippen LogP contribution in [-0.2, 0) is 18.4 Å². The minimum absolute atomic E-state index is 0.0457. The first kappa shape index (κ1) is 58.4. The number of aliphatic hydroxyl groups excluding tert-OH is 1. The Kier molecular flexibility index (Phi) is 40.9. The van der Waals surface area contributed by atoms with E-state index in [2.05, 4.69) is 104 Å². The summed E-state index contributed by atoms with van der Waals surface area (Å²) in [5, 5.41) is 13.8. The second-order valence-corrected chi connectivity index (χ2v) is 18.5. The van der Waals surface area contributed by atoms with Gasteiger partial charge in [0.2, 0.25) is 5.91 Å². The van der Waals surface area contributed by atoms with E-state index < -0.39 is 20.0 Å². The number of phosphoric ester groups is 1. The molecule has 0 saturated heterocycles. The maximum Gasteiger partial charge on any atom is 0.472 e. The van der Waals surface area contributed by atoms with E-state index in [4.69, 9.17) is 9.05 Å². The number of phosphoric acid groups is 1. The van der Waals surface area contributed by atoms with Gasteiger partial charge in [-0.1, -0.05) is 175 Å². The normalized spacial score (nSPS) is 15.1. The Morgan fingerprint density at radius 1 is 0.574 bits per heavy atom. The van der Waals surface area contributed by atoms with Crippen molar-refractivity contribution in [2.45, 2.75) is 187 Å². The molecule has 3 unspecified atom stereocenters. The van der Waals surface area contributed by atoms with Crippen molar-refractivity contribution in [3.8, 4) is 0 Å². The Hall–Kier alpha value is -2.58. The van der Waals surface area contributed by atoms with Gasteiger partial charge in [0.25, 0.3) is 0 Å². The molecular formula is C52H92N2O6P+. The number of likely N-dealkylation sites (N-methyl/N-ethyl adjacent to an activating group) is 1. The Bertz CT molecular complexity index is 1310. The summed E-state index contributed by atoms with van der Waals surface area (Å²) < 4.78 is 23.6. The first-order valence-electron chi connectivity index (χ1n) is 24.1. The molecule has 0 fully saturated rings. The molecule has 0 aliphatic carbocycles. The monoisotopic (exact) mass is 872 g/mol. The summed E-state index contributed by atoms with van der Waals surface area (Å²) in [6.45, 7) is 4.63. The van der Waals surface area contributed by atoms with E-state index in [9.17, 15) is 19.4 Å². The van der Waals surface area contributed by atoms with Crippen molar-refractivity contribution in [1.29, 1.82) is 0 Å². The Morgan fingerprint density at radius 2 is 1.00 bits per heavy atom. The zero-order chi connectivity index (χ0) is 45.0. The van der Waals surface area contributed by atoms with E-state index in [1.807, 2.05) is 27.2 Å². The van der Waals surface area contributed by atoms with Crippen LogP contribution in [0, 0.1) is 0 Å². The van der Waals surface area contributed by atoms with Crippen LogP contribution in [0.2, 0.25) is 0 Å². The van der Waals surface area contributed by atoms with Crippen molar-refractivity contribution < 1.29 is 32.9 Å². The van der Waals surface area contributed by atoms with Crippen LogP contribution in [0.25, 0.3) is 0 Å². The molecule has 0 saturated carbocycles. The Labute approximate surface area is 375 Å². The summed E-state index contributed by atoms with van der Waals surface area (Å²) in [6.07, 6.45) is 60.5. The third-order valence-electron chi connectivity index (χ3n) is 10.0. The van der Waals surface area contributed by atoms with Crippen LogP contribution in [0.4, 0.5) is 0 Å².